The Hall–Kier alpha value is -2.30. The van der Waals surface area contributed by atoms with Gasteiger partial charge in [-0.15, -0.1) is 24.0 Å². The third-order valence-electron chi connectivity index (χ3n) is 4.36. The number of guanidine groups is 1. The number of nitrogens with one attached hydrogen (secondary N) is 1. The van der Waals surface area contributed by atoms with Gasteiger partial charge in [-0.05, 0) is 19.1 Å². The maximum absolute atomic E-state index is 12.6. The molecule has 2 aromatic rings. The molecule has 1 aliphatic rings. The number of aromatic nitrogens is 2. The highest BCUT2D eigenvalue weighted by Gasteiger charge is 2.27. The third kappa shape index (κ3) is 5.60. The molecule has 1 unspecified atom stereocenters. The lowest BCUT2D eigenvalue weighted by atomic mass is 10.3. The number of amides is 1. The van der Waals surface area contributed by atoms with Crippen LogP contribution in [-0.2, 0) is 11.8 Å². The van der Waals surface area contributed by atoms with Crippen molar-refractivity contribution < 1.29 is 9.53 Å². The Kier molecular flexibility index (Phi) is 8.09. The fraction of sp³-hybridized carbons (Fsp3) is 0.421. The molecule has 3 rings (SSSR count). The van der Waals surface area contributed by atoms with Gasteiger partial charge in [-0.1, -0.05) is 18.2 Å². The molecular weight excluding hydrogens is 471 g/mol. The van der Waals surface area contributed by atoms with Crippen molar-refractivity contribution in [3.8, 4) is 5.75 Å². The normalized spacial score (nSPS) is 15.8. The van der Waals surface area contributed by atoms with E-state index < -0.39 is 0 Å². The molecular formula is C19H27IN6O2. The van der Waals surface area contributed by atoms with E-state index in [0.29, 0.717) is 25.6 Å². The number of hydrogen-bond acceptors (Lipinski definition) is 4. The molecule has 0 radical (unpaired) electrons. The third-order valence-corrected chi connectivity index (χ3v) is 4.36. The Morgan fingerprint density at radius 3 is 2.68 bits per heavy atom. The average molecular weight is 498 g/mol. The van der Waals surface area contributed by atoms with E-state index in [1.165, 1.54) is 0 Å². The first-order valence-corrected chi connectivity index (χ1v) is 9.03. The monoisotopic (exact) mass is 498 g/mol. The number of benzene rings is 1. The molecule has 28 heavy (non-hydrogen) atoms. The van der Waals surface area contributed by atoms with Crippen LogP contribution in [0.15, 0.2) is 47.7 Å². The van der Waals surface area contributed by atoms with E-state index in [1.54, 1.807) is 22.8 Å². The lowest BCUT2D eigenvalue weighted by molar-refractivity contribution is -0.120. The van der Waals surface area contributed by atoms with Crippen molar-refractivity contribution in [2.45, 2.75) is 13.0 Å². The number of hydrogen-bond donors (Lipinski definition) is 1. The van der Waals surface area contributed by atoms with Crippen molar-refractivity contribution in [2.75, 3.05) is 38.1 Å². The second-order valence-corrected chi connectivity index (χ2v) is 6.51. The minimum absolute atomic E-state index is 0. The Morgan fingerprint density at radius 1 is 1.32 bits per heavy atom. The summed E-state index contributed by atoms with van der Waals surface area (Å²) in [5.41, 5.74) is 0.829. The van der Waals surface area contributed by atoms with Gasteiger partial charge in [0, 0.05) is 33.4 Å². The van der Waals surface area contributed by atoms with Crippen molar-refractivity contribution >= 4 is 41.5 Å². The number of aryl methyl sites for hydroxylation is 1. The molecule has 1 aromatic heterocycles. The van der Waals surface area contributed by atoms with Crippen LogP contribution in [0.1, 0.15) is 6.92 Å². The number of anilines is 1. The zero-order valence-corrected chi connectivity index (χ0v) is 18.7. The molecule has 1 atom stereocenters. The topological polar surface area (TPSA) is 75.0 Å². The van der Waals surface area contributed by atoms with Gasteiger partial charge in [-0.25, -0.2) is 0 Å². The second-order valence-electron chi connectivity index (χ2n) is 6.51. The van der Waals surface area contributed by atoms with Crippen LogP contribution in [0, 0.1) is 0 Å². The van der Waals surface area contributed by atoms with Gasteiger partial charge in [0.1, 0.15) is 18.4 Å². The van der Waals surface area contributed by atoms with Crippen LogP contribution >= 0.6 is 24.0 Å². The summed E-state index contributed by atoms with van der Waals surface area (Å²) in [5, 5.41) is 7.44. The molecule has 152 valence electrons. The number of ether oxygens (including phenoxy) is 1. The number of carbonyl (C=O) groups is 1. The van der Waals surface area contributed by atoms with Crippen molar-refractivity contribution in [2.24, 2.45) is 12.0 Å². The van der Waals surface area contributed by atoms with Gasteiger partial charge in [-0.3, -0.25) is 14.5 Å². The highest BCUT2D eigenvalue weighted by molar-refractivity contribution is 14.0. The molecule has 0 aliphatic carbocycles. The fourth-order valence-electron chi connectivity index (χ4n) is 3.02. The summed E-state index contributed by atoms with van der Waals surface area (Å²) in [6.07, 6.45) is 3.53. The predicted molar refractivity (Wildman–Crippen MR) is 120 cm³/mol. The summed E-state index contributed by atoms with van der Waals surface area (Å²) in [6, 6.07) is 9.71. The maximum Gasteiger partial charge on any atom is 0.246 e. The van der Waals surface area contributed by atoms with Crippen LogP contribution in [-0.4, -0.2) is 65.9 Å². The number of carbonyl (C=O) groups excluding carboxylic acids is 1. The summed E-state index contributed by atoms with van der Waals surface area (Å²) in [4.78, 5) is 20.6. The molecule has 8 nitrogen and oxygen atoms in total. The van der Waals surface area contributed by atoms with Crippen LogP contribution in [0.4, 0.5) is 5.69 Å². The van der Waals surface area contributed by atoms with E-state index in [2.05, 4.69) is 15.4 Å². The first-order chi connectivity index (χ1) is 13.1. The standard InChI is InChI=1S/C19H26N6O2.HI/c1-15(27-17-7-5-4-6-8-17)11-21-19(20-2)24-9-10-25(18(26)14-24)16-12-22-23(3)13-16;/h4-8,12-13,15H,9-11,14H2,1-3H3,(H,20,21);1H. The van der Waals surface area contributed by atoms with Gasteiger partial charge in [0.15, 0.2) is 5.96 Å². The molecule has 1 fully saturated rings. The number of rotatable bonds is 5. The molecule has 0 spiro atoms. The highest BCUT2D eigenvalue weighted by Crippen LogP contribution is 2.16. The quantitative estimate of drug-likeness (QED) is 0.386. The molecule has 9 heteroatoms. The molecule has 0 bridgehead atoms. The summed E-state index contributed by atoms with van der Waals surface area (Å²) in [6.45, 7) is 4.18. The first kappa shape index (κ1) is 22.0. The minimum Gasteiger partial charge on any atom is -0.489 e. The largest absolute Gasteiger partial charge is 0.489 e. The summed E-state index contributed by atoms with van der Waals surface area (Å²) in [5.74, 6) is 1.57. The Labute approximate surface area is 182 Å². The van der Waals surface area contributed by atoms with Gasteiger partial charge in [0.2, 0.25) is 5.91 Å². The molecule has 1 aromatic carbocycles. The first-order valence-electron chi connectivity index (χ1n) is 9.03. The van der Waals surface area contributed by atoms with E-state index in [-0.39, 0.29) is 42.5 Å². The zero-order chi connectivity index (χ0) is 19.2. The smallest absolute Gasteiger partial charge is 0.246 e. The van der Waals surface area contributed by atoms with Gasteiger partial charge >= 0.3 is 0 Å². The molecule has 0 saturated carbocycles. The summed E-state index contributed by atoms with van der Waals surface area (Å²) < 4.78 is 7.57. The molecule has 1 aliphatic heterocycles. The van der Waals surface area contributed by atoms with Gasteiger partial charge in [0.05, 0.1) is 18.4 Å². The Bertz CT molecular complexity index is 795. The van der Waals surface area contributed by atoms with Crippen LogP contribution in [0.5, 0.6) is 5.75 Å². The molecule has 1 saturated heterocycles. The van der Waals surface area contributed by atoms with Crippen molar-refractivity contribution in [1.82, 2.24) is 20.0 Å². The van der Waals surface area contributed by atoms with Crippen molar-refractivity contribution in [3.63, 3.8) is 0 Å². The van der Waals surface area contributed by atoms with Crippen molar-refractivity contribution in [1.29, 1.82) is 0 Å². The summed E-state index contributed by atoms with van der Waals surface area (Å²) in [7, 11) is 3.57. The van der Waals surface area contributed by atoms with Crippen LogP contribution in [0.3, 0.4) is 0 Å². The lowest BCUT2D eigenvalue weighted by Crippen LogP contribution is -2.56. The van der Waals surface area contributed by atoms with Gasteiger partial charge in [-0.2, -0.15) is 5.10 Å². The highest BCUT2D eigenvalue weighted by atomic mass is 127. The van der Waals surface area contributed by atoms with Crippen LogP contribution in [0.2, 0.25) is 0 Å². The van der Waals surface area contributed by atoms with E-state index in [0.717, 1.165) is 11.4 Å². The number of piperazine rings is 1. The number of aliphatic imine (C=N–C) groups is 1. The number of halogens is 1. The van der Waals surface area contributed by atoms with E-state index >= 15 is 0 Å². The Morgan fingerprint density at radius 2 is 2.07 bits per heavy atom. The zero-order valence-electron chi connectivity index (χ0n) is 16.4. The van der Waals surface area contributed by atoms with Gasteiger partial charge < -0.3 is 19.9 Å². The second kappa shape index (κ2) is 10.3. The molecule has 1 N–H and O–H groups in total. The average Bonchev–Trinajstić information content (AvgIpc) is 3.09. The predicted octanol–water partition coefficient (Wildman–Crippen LogP) is 1.73. The van der Waals surface area contributed by atoms with E-state index in [9.17, 15) is 4.79 Å². The summed E-state index contributed by atoms with van der Waals surface area (Å²) >= 11 is 0. The van der Waals surface area contributed by atoms with E-state index in [1.807, 2.05) is 55.4 Å². The minimum atomic E-state index is -0.0310. The number of para-hydroxylation sites is 1. The molecule has 1 amide bonds. The van der Waals surface area contributed by atoms with Crippen molar-refractivity contribution in [3.05, 3.63) is 42.7 Å². The SMILES string of the molecule is CN=C(NCC(C)Oc1ccccc1)N1CCN(c2cnn(C)c2)C(=O)C1.I. The van der Waals surface area contributed by atoms with Gasteiger partial charge in [0.25, 0.3) is 0 Å². The number of nitrogens with zero attached hydrogens (tertiary/aromatic N) is 5. The fourth-order valence-corrected chi connectivity index (χ4v) is 3.02. The lowest BCUT2D eigenvalue weighted by Gasteiger charge is -2.35. The maximum atomic E-state index is 12.6. The van der Waals surface area contributed by atoms with Crippen LogP contribution < -0.4 is 15.0 Å². The Balaban J connectivity index is 0.00000280. The van der Waals surface area contributed by atoms with Crippen LogP contribution in [0.25, 0.3) is 0 Å². The van der Waals surface area contributed by atoms with E-state index in [4.69, 9.17) is 4.74 Å². The molecule has 2 heterocycles.